The van der Waals surface area contributed by atoms with Gasteiger partial charge in [0, 0.05) is 34.5 Å². The Hall–Kier alpha value is -3.09. The first-order chi connectivity index (χ1) is 13.9. The molecule has 0 aliphatic rings. The summed E-state index contributed by atoms with van der Waals surface area (Å²) in [5, 5.41) is 9.20. The van der Waals surface area contributed by atoms with Gasteiger partial charge < -0.3 is 16.0 Å². The number of carbonyl (C=O) groups excluding carboxylic acids is 2. The molecule has 2 amide bonds. The molecule has 3 N–H and O–H groups in total. The van der Waals surface area contributed by atoms with Gasteiger partial charge in [-0.15, -0.1) is 0 Å². The average molecular weight is 429 g/mol. The SMILES string of the molecule is CNC(=O)c1cnc(Nc2ccccc2C)c(NC(=O)c2cc(Cl)cc(Cl)c2)c1. The van der Waals surface area contributed by atoms with Crippen molar-refractivity contribution in [1.82, 2.24) is 10.3 Å². The van der Waals surface area contributed by atoms with Crippen LogP contribution in [0.2, 0.25) is 10.0 Å². The Morgan fingerprint density at radius 1 is 0.897 bits per heavy atom. The number of benzene rings is 2. The topological polar surface area (TPSA) is 83.1 Å². The molecule has 148 valence electrons. The third-order valence-corrected chi connectivity index (χ3v) is 4.58. The molecule has 0 bridgehead atoms. The van der Waals surface area contributed by atoms with E-state index in [0.29, 0.717) is 27.1 Å². The quantitative estimate of drug-likeness (QED) is 0.530. The second kappa shape index (κ2) is 8.94. The van der Waals surface area contributed by atoms with Crippen LogP contribution >= 0.6 is 23.2 Å². The Kier molecular flexibility index (Phi) is 6.36. The van der Waals surface area contributed by atoms with Crippen molar-refractivity contribution >= 4 is 52.2 Å². The van der Waals surface area contributed by atoms with Crippen molar-refractivity contribution in [2.24, 2.45) is 0 Å². The van der Waals surface area contributed by atoms with E-state index in [9.17, 15) is 9.59 Å². The summed E-state index contributed by atoms with van der Waals surface area (Å²) in [5.41, 5.74) is 2.77. The van der Waals surface area contributed by atoms with Crippen molar-refractivity contribution in [3.8, 4) is 0 Å². The number of rotatable bonds is 5. The van der Waals surface area contributed by atoms with Crippen LogP contribution < -0.4 is 16.0 Å². The molecule has 0 aliphatic heterocycles. The van der Waals surface area contributed by atoms with Crippen molar-refractivity contribution in [1.29, 1.82) is 0 Å². The molecule has 0 aliphatic carbocycles. The van der Waals surface area contributed by atoms with Crippen LogP contribution in [0, 0.1) is 6.92 Å². The Labute approximate surface area is 178 Å². The van der Waals surface area contributed by atoms with Gasteiger partial charge in [-0.2, -0.15) is 0 Å². The number of nitrogens with one attached hydrogen (secondary N) is 3. The van der Waals surface area contributed by atoms with E-state index in [1.54, 1.807) is 12.1 Å². The largest absolute Gasteiger partial charge is 0.355 e. The van der Waals surface area contributed by atoms with E-state index in [2.05, 4.69) is 20.9 Å². The first kappa shape index (κ1) is 20.6. The maximum absolute atomic E-state index is 12.8. The highest BCUT2D eigenvalue weighted by Crippen LogP contribution is 2.27. The van der Waals surface area contributed by atoms with Crippen molar-refractivity contribution in [3.63, 3.8) is 0 Å². The Balaban J connectivity index is 1.98. The normalized spacial score (nSPS) is 10.3. The molecule has 1 heterocycles. The molecule has 0 radical (unpaired) electrons. The van der Waals surface area contributed by atoms with E-state index >= 15 is 0 Å². The minimum Gasteiger partial charge on any atom is -0.355 e. The zero-order valence-electron chi connectivity index (χ0n) is 15.7. The van der Waals surface area contributed by atoms with Gasteiger partial charge in [-0.05, 0) is 42.8 Å². The maximum Gasteiger partial charge on any atom is 0.255 e. The zero-order chi connectivity index (χ0) is 21.0. The van der Waals surface area contributed by atoms with Crippen LogP contribution in [-0.4, -0.2) is 23.8 Å². The number of aromatic nitrogens is 1. The predicted octanol–water partition coefficient (Wildman–Crippen LogP) is 5.05. The minimum absolute atomic E-state index is 0.287. The molecule has 8 heteroatoms. The van der Waals surface area contributed by atoms with Gasteiger partial charge in [0.05, 0.1) is 11.3 Å². The first-order valence-corrected chi connectivity index (χ1v) is 9.45. The number of pyridine rings is 1. The lowest BCUT2D eigenvalue weighted by Gasteiger charge is -2.15. The highest BCUT2D eigenvalue weighted by molar-refractivity contribution is 6.35. The molecule has 2 aromatic carbocycles. The number of amides is 2. The summed E-state index contributed by atoms with van der Waals surface area (Å²) >= 11 is 12.0. The van der Waals surface area contributed by atoms with Crippen LogP contribution in [0.1, 0.15) is 26.3 Å². The molecule has 0 saturated carbocycles. The first-order valence-electron chi connectivity index (χ1n) is 8.69. The molecule has 0 unspecified atom stereocenters. The van der Waals surface area contributed by atoms with Crippen molar-refractivity contribution in [2.45, 2.75) is 6.92 Å². The number of hydrogen-bond acceptors (Lipinski definition) is 4. The molecule has 0 atom stereocenters. The molecular weight excluding hydrogens is 411 g/mol. The fourth-order valence-corrected chi connectivity index (χ4v) is 3.17. The van der Waals surface area contributed by atoms with Crippen molar-refractivity contribution in [3.05, 3.63) is 81.5 Å². The van der Waals surface area contributed by atoms with Gasteiger partial charge in [0.2, 0.25) is 0 Å². The van der Waals surface area contributed by atoms with Gasteiger partial charge in [-0.1, -0.05) is 41.4 Å². The number of para-hydroxylation sites is 1. The molecule has 0 saturated heterocycles. The van der Waals surface area contributed by atoms with Crippen LogP contribution in [0.15, 0.2) is 54.7 Å². The fraction of sp³-hybridized carbons (Fsp3) is 0.0952. The highest BCUT2D eigenvalue weighted by Gasteiger charge is 2.15. The van der Waals surface area contributed by atoms with Crippen LogP contribution in [0.25, 0.3) is 0 Å². The number of aryl methyl sites for hydroxylation is 1. The fourth-order valence-electron chi connectivity index (χ4n) is 2.65. The van der Waals surface area contributed by atoms with Gasteiger partial charge in [0.1, 0.15) is 0 Å². The zero-order valence-corrected chi connectivity index (χ0v) is 17.2. The number of halogens is 2. The molecule has 1 aromatic heterocycles. The Morgan fingerprint density at radius 3 is 2.24 bits per heavy atom. The minimum atomic E-state index is -0.432. The van der Waals surface area contributed by atoms with Crippen molar-refractivity contribution in [2.75, 3.05) is 17.7 Å². The monoisotopic (exact) mass is 428 g/mol. The molecule has 6 nitrogen and oxygen atoms in total. The lowest BCUT2D eigenvalue weighted by atomic mass is 10.1. The summed E-state index contributed by atoms with van der Waals surface area (Å²) in [4.78, 5) is 29.1. The number of nitrogens with zero attached hydrogens (tertiary/aromatic N) is 1. The molecular formula is C21H18Cl2N4O2. The summed E-state index contributed by atoms with van der Waals surface area (Å²) in [7, 11) is 1.52. The number of hydrogen-bond donors (Lipinski definition) is 3. The van der Waals surface area contributed by atoms with E-state index in [4.69, 9.17) is 23.2 Å². The Morgan fingerprint density at radius 2 is 1.59 bits per heavy atom. The number of anilines is 3. The van der Waals surface area contributed by atoms with E-state index in [-0.39, 0.29) is 11.5 Å². The van der Waals surface area contributed by atoms with Crippen LogP contribution in [0.3, 0.4) is 0 Å². The average Bonchev–Trinajstić information content (AvgIpc) is 2.69. The van der Waals surface area contributed by atoms with Gasteiger partial charge in [0.25, 0.3) is 11.8 Å². The second-order valence-electron chi connectivity index (χ2n) is 6.25. The molecule has 0 fully saturated rings. The van der Waals surface area contributed by atoms with Crippen LogP contribution in [-0.2, 0) is 0 Å². The van der Waals surface area contributed by atoms with E-state index < -0.39 is 5.91 Å². The lowest BCUT2D eigenvalue weighted by Crippen LogP contribution is -2.19. The molecule has 29 heavy (non-hydrogen) atoms. The lowest BCUT2D eigenvalue weighted by molar-refractivity contribution is 0.0961. The van der Waals surface area contributed by atoms with Gasteiger partial charge >= 0.3 is 0 Å². The summed E-state index contributed by atoms with van der Waals surface area (Å²) in [6.07, 6.45) is 1.44. The third kappa shape index (κ3) is 5.04. The van der Waals surface area contributed by atoms with Gasteiger partial charge in [-0.3, -0.25) is 9.59 Å². The van der Waals surface area contributed by atoms with Crippen LogP contribution in [0.5, 0.6) is 0 Å². The van der Waals surface area contributed by atoms with Crippen LogP contribution in [0.4, 0.5) is 17.2 Å². The standard InChI is InChI=1S/C21H18Cl2N4O2/c1-12-5-3-4-6-17(12)26-19-18(9-14(11-25-19)20(28)24-2)27-21(29)13-7-15(22)10-16(23)8-13/h3-11H,1-2H3,(H,24,28)(H,25,26)(H,27,29). The second-order valence-corrected chi connectivity index (χ2v) is 7.12. The summed E-state index contributed by atoms with van der Waals surface area (Å²) < 4.78 is 0. The summed E-state index contributed by atoms with van der Waals surface area (Å²) in [6, 6.07) is 13.8. The number of carbonyl (C=O) groups is 2. The molecule has 0 spiro atoms. The summed E-state index contributed by atoms with van der Waals surface area (Å²) in [5.74, 6) is -0.354. The van der Waals surface area contributed by atoms with E-state index in [1.165, 1.54) is 25.4 Å². The molecule has 3 rings (SSSR count). The Bertz CT molecular complexity index is 1070. The van der Waals surface area contributed by atoms with Gasteiger partial charge in [-0.25, -0.2) is 4.98 Å². The smallest absolute Gasteiger partial charge is 0.255 e. The highest BCUT2D eigenvalue weighted by atomic mass is 35.5. The predicted molar refractivity (Wildman–Crippen MR) is 117 cm³/mol. The maximum atomic E-state index is 12.8. The summed E-state index contributed by atoms with van der Waals surface area (Å²) in [6.45, 7) is 1.95. The van der Waals surface area contributed by atoms with Gasteiger partial charge in [0.15, 0.2) is 5.82 Å². The molecule has 3 aromatic rings. The van der Waals surface area contributed by atoms with E-state index in [0.717, 1.165) is 11.3 Å². The van der Waals surface area contributed by atoms with Crippen molar-refractivity contribution < 1.29 is 9.59 Å². The third-order valence-electron chi connectivity index (χ3n) is 4.15. The van der Waals surface area contributed by atoms with E-state index in [1.807, 2.05) is 31.2 Å².